The molecule has 2 unspecified atom stereocenters. The summed E-state index contributed by atoms with van der Waals surface area (Å²) in [6.45, 7) is 2.30. The molecule has 136 valence electrons. The van der Waals surface area contributed by atoms with Crippen LogP contribution in [-0.4, -0.2) is 46.4 Å². The average Bonchev–Trinajstić information content (AvgIpc) is 3.08. The molecule has 4 rings (SSSR count). The van der Waals surface area contributed by atoms with E-state index < -0.39 is 11.7 Å². The first-order chi connectivity index (χ1) is 11.7. The predicted molar refractivity (Wildman–Crippen MR) is 84.2 cm³/mol. The number of benzene rings is 1. The van der Waals surface area contributed by atoms with Crippen molar-refractivity contribution in [1.82, 2.24) is 4.90 Å². The maximum Gasteiger partial charge on any atom is 0.416 e. The molecule has 1 aromatic rings. The smallest absolute Gasteiger partial charge is 0.334 e. The van der Waals surface area contributed by atoms with Crippen molar-refractivity contribution in [2.45, 2.75) is 37.6 Å². The Hall–Kier alpha value is -1.29. The molecule has 9 heteroatoms. The second-order valence-corrected chi connectivity index (χ2v) is 7.33. The van der Waals surface area contributed by atoms with Gasteiger partial charge in [-0.05, 0) is 12.1 Å². The van der Waals surface area contributed by atoms with Gasteiger partial charge < -0.3 is 4.90 Å². The topological polar surface area (TPSA) is 42.1 Å². The number of ether oxygens (including phenoxy) is 1. The van der Waals surface area contributed by atoms with Gasteiger partial charge in [-0.1, -0.05) is 24.8 Å². The summed E-state index contributed by atoms with van der Waals surface area (Å²) in [6, 6.07) is 5.16. The number of nitrogens with zero attached hydrogens (tertiary/aromatic N) is 2. The van der Waals surface area contributed by atoms with Crippen molar-refractivity contribution in [2.75, 3.05) is 19.6 Å². The monoisotopic (exact) mass is 375 g/mol. The van der Waals surface area contributed by atoms with Crippen LogP contribution in [0.5, 0.6) is 0 Å². The Labute approximate surface area is 148 Å². The molecule has 1 spiro atoms. The van der Waals surface area contributed by atoms with E-state index in [2.05, 4.69) is 12.6 Å². The first kappa shape index (κ1) is 17.1. The number of carbonyl (C=O) groups is 1. The fraction of sp³-hybridized carbons (Fsp3) is 0.562. The lowest BCUT2D eigenvalue weighted by Crippen LogP contribution is -2.49. The summed E-state index contributed by atoms with van der Waals surface area (Å²) >= 11 is 3.85. The number of hydroxylamine groups is 3. The van der Waals surface area contributed by atoms with Crippen LogP contribution in [0.2, 0.25) is 0 Å². The number of alkyl halides is 3. The summed E-state index contributed by atoms with van der Waals surface area (Å²) in [5, 5.41) is -0.233. The van der Waals surface area contributed by atoms with Crippen LogP contribution in [0.3, 0.4) is 0 Å². The first-order valence-corrected chi connectivity index (χ1v) is 8.53. The van der Waals surface area contributed by atoms with Crippen LogP contribution >= 0.6 is 12.6 Å². The maximum absolute atomic E-state index is 12.7. The fourth-order valence-electron chi connectivity index (χ4n) is 3.78. The Morgan fingerprint density at radius 1 is 1.28 bits per heavy atom. The van der Waals surface area contributed by atoms with Gasteiger partial charge in [0.1, 0.15) is 18.7 Å². The quantitative estimate of drug-likeness (QED) is 0.491. The zero-order valence-corrected chi connectivity index (χ0v) is 14.2. The van der Waals surface area contributed by atoms with E-state index in [4.69, 9.17) is 9.57 Å². The Morgan fingerprint density at radius 2 is 1.92 bits per heavy atom. The van der Waals surface area contributed by atoms with Gasteiger partial charge in [-0.3, -0.25) is 9.53 Å². The van der Waals surface area contributed by atoms with Gasteiger partial charge in [0.2, 0.25) is 0 Å². The fourth-order valence-corrected chi connectivity index (χ4v) is 3.98. The molecule has 0 radical (unpaired) electrons. The number of hydrogen-bond donors (Lipinski definition) is 1. The van der Waals surface area contributed by atoms with E-state index in [1.54, 1.807) is 4.90 Å². The van der Waals surface area contributed by atoms with Crippen molar-refractivity contribution in [1.29, 1.82) is 0 Å². The van der Waals surface area contributed by atoms with E-state index in [-0.39, 0.29) is 17.3 Å². The minimum Gasteiger partial charge on any atom is -0.334 e. The van der Waals surface area contributed by atoms with Crippen molar-refractivity contribution in [3.63, 3.8) is 0 Å². The molecular weight excluding hydrogens is 357 g/mol. The second kappa shape index (κ2) is 5.60. The zero-order chi connectivity index (χ0) is 17.9. The van der Waals surface area contributed by atoms with Gasteiger partial charge in [0.25, 0.3) is 5.24 Å². The molecule has 2 atom stereocenters. The Bertz CT molecular complexity index is 689. The molecule has 0 bridgehead atoms. The SMILES string of the molecule is O=C(S)N1CCC2(CC1)C[N+]1(Cc3ccc(C(F)(F)F)cc3)OC1O2. The zero-order valence-electron chi connectivity index (χ0n) is 13.3. The number of halogens is 3. The summed E-state index contributed by atoms with van der Waals surface area (Å²) in [6.07, 6.45) is -3.26. The van der Waals surface area contributed by atoms with Gasteiger partial charge in [0.15, 0.2) is 0 Å². The van der Waals surface area contributed by atoms with Crippen molar-refractivity contribution in [3.05, 3.63) is 35.4 Å². The minimum absolute atomic E-state index is 0.233. The molecule has 25 heavy (non-hydrogen) atoms. The molecule has 3 aliphatic heterocycles. The average molecular weight is 375 g/mol. The Morgan fingerprint density at radius 3 is 2.48 bits per heavy atom. The molecule has 1 aromatic carbocycles. The summed E-state index contributed by atoms with van der Waals surface area (Å²) in [5.41, 5.74) is -0.203. The highest BCUT2D eigenvalue weighted by Gasteiger charge is 2.73. The Kier molecular flexibility index (Phi) is 3.84. The molecule has 0 aliphatic carbocycles. The van der Waals surface area contributed by atoms with Crippen LogP contribution in [0.4, 0.5) is 18.0 Å². The lowest BCUT2D eigenvalue weighted by Gasteiger charge is -2.36. The standard InChI is InChI=1S/C16H17F3N2O3S/c17-16(18,19)12-3-1-11(2-4-12)9-21-10-15(23-14(21)24-21)5-7-20(8-6-15)13(22)25/h1-4,14H,5-10H2/p+1. The summed E-state index contributed by atoms with van der Waals surface area (Å²) in [7, 11) is 0. The number of piperidine rings is 1. The van der Waals surface area contributed by atoms with Crippen molar-refractivity contribution < 1.29 is 32.2 Å². The van der Waals surface area contributed by atoms with Gasteiger partial charge in [-0.2, -0.15) is 13.2 Å². The largest absolute Gasteiger partial charge is 0.416 e. The van der Waals surface area contributed by atoms with Gasteiger partial charge in [-0.15, -0.1) is 9.48 Å². The normalized spacial score (nSPS) is 30.4. The number of fused-ring (bicyclic) bond motifs is 1. The third-order valence-corrected chi connectivity index (χ3v) is 5.50. The van der Waals surface area contributed by atoms with Crippen LogP contribution < -0.4 is 0 Å². The molecule has 0 N–H and O–H groups in total. The molecule has 3 aliphatic rings. The molecule has 0 aromatic heterocycles. The van der Waals surface area contributed by atoms with E-state index >= 15 is 0 Å². The number of rotatable bonds is 2. The molecule has 0 saturated carbocycles. The molecular formula is C16H18F3N2O3S+. The summed E-state index contributed by atoms with van der Waals surface area (Å²) in [4.78, 5) is 18.6. The molecule has 3 fully saturated rings. The summed E-state index contributed by atoms with van der Waals surface area (Å²) < 4.78 is 44.3. The molecule has 3 heterocycles. The number of likely N-dealkylation sites (tertiary alicyclic amines) is 1. The van der Waals surface area contributed by atoms with Crippen molar-refractivity contribution >= 4 is 17.9 Å². The minimum atomic E-state index is -4.33. The van der Waals surface area contributed by atoms with E-state index in [9.17, 15) is 18.0 Å². The van der Waals surface area contributed by atoms with Crippen molar-refractivity contribution in [2.24, 2.45) is 0 Å². The van der Waals surface area contributed by atoms with Gasteiger partial charge in [0.05, 0.1) is 5.56 Å². The highest BCUT2D eigenvalue weighted by molar-refractivity contribution is 7.96. The molecule has 5 nitrogen and oxygen atoms in total. The van der Waals surface area contributed by atoms with Crippen molar-refractivity contribution in [3.8, 4) is 0 Å². The number of hydrogen-bond acceptors (Lipinski definition) is 3. The summed E-state index contributed by atoms with van der Waals surface area (Å²) in [5.74, 6) is 0. The molecule has 1 amide bonds. The lowest BCUT2D eigenvalue weighted by molar-refractivity contribution is -0.931. The highest BCUT2D eigenvalue weighted by Crippen LogP contribution is 2.51. The Balaban J connectivity index is 1.41. The third-order valence-electron chi connectivity index (χ3n) is 5.22. The van der Waals surface area contributed by atoms with Crippen LogP contribution in [0.25, 0.3) is 0 Å². The van der Waals surface area contributed by atoms with E-state index in [1.165, 1.54) is 12.1 Å². The third kappa shape index (κ3) is 3.14. The maximum atomic E-state index is 12.7. The van der Waals surface area contributed by atoms with E-state index in [0.717, 1.165) is 17.7 Å². The first-order valence-electron chi connectivity index (χ1n) is 8.09. The van der Waals surface area contributed by atoms with Crippen LogP contribution in [0.1, 0.15) is 24.0 Å². The van der Waals surface area contributed by atoms with Crippen LogP contribution in [0.15, 0.2) is 24.3 Å². The number of carbonyl (C=O) groups excluding carboxylic acids is 1. The van der Waals surface area contributed by atoms with Gasteiger partial charge >= 0.3 is 12.6 Å². The predicted octanol–water partition coefficient (Wildman–Crippen LogP) is 3.17. The molecule has 3 saturated heterocycles. The number of amides is 1. The van der Waals surface area contributed by atoms with Gasteiger partial charge in [-0.25, -0.2) is 0 Å². The second-order valence-electron chi connectivity index (χ2n) is 6.95. The van der Waals surface area contributed by atoms with Crippen LogP contribution in [0, 0.1) is 0 Å². The number of quaternary nitrogens is 1. The van der Waals surface area contributed by atoms with E-state index in [1.807, 2.05) is 0 Å². The highest BCUT2D eigenvalue weighted by atomic mass is 32.1. The van der Waals surface area contributed by atoms with Gasteiger partial charge in [0, 0.05) is 31.5 Å². The number of thiol groups is 1. The van der Waals surface area contributed by atoms with E-state index in [0.29, 0.717) is 43.7 Å². The lowest BCUT2D eigenvalue weighted by atomic mass is 9.91. The van der Waals surface area contributed by atoms with Crippen LogP contribution in [-0.2, 0) is 22.3 Å².